The molecule has 0 bridgehead atoms. The van der Waals surface area contributed by atoms with E-state index in [0.29, 0.717) is 27.2 Å². The Labute approximate surface area is 200 Å². The summed E-state index contributed by atoms with van der Waals surface area (Å²) in [5.74, 6) is 0.158. The third kappa shape index (κ3) is 5.42. The van der Waals surface area contributed by atoms with Gasteiger partial charge in [0.15, 0.2) is 4.34 Å². The van der Waals surface area contributed by atoms with E-state index in [-0.39, 0.29) is 12.3 Å². The number of hydrogen-bond donors (Lipinski definition) is 1. The Morgan fingerprint density at radius 2 is 1.94 bits per heavy atom. The number of aromatic nitrogens is 2. The van der Waals surface area contributed by atoms with Gasteiger partial charge in [0.2, 0.25) is 21.1 Å². The Kier molecular flexibility index (Phi) is 7.09. The third-order valence-corrected chi connectivity index (χ3v) is 9.18. The van der Waals surface area contributed by atoms with Gasteiger partial charge in [0.25, 0.3) is 0 Å². The van der Waals surface area contributed by atoms with E-state index >= 15 is 0 Å². The van der Waals surface area contributed by atoms with Crippen LogP contribution in [0.2, 0.25) is 0 Å². The van der Waals surface area contributed by atoms with Gasteiger partial charge in [0.1, 0.15) is 6.04 Å². The van der Waals surface area contributed by atoms with Crippen molar-refractivity contribution in [3.8, 4) is 6.07 Å². The van der Waals surface area contributed by atoms with Crippen LogP contribution in [0.4, 0.5) is 5.13 Å². The Morgan fingerprint density at radius 3 is 2.64 bits per heavy atom. The van der Waals surface area contributed by atoms with Crippen LogP contribution >= 0.6 is 23.1 Å². The first-order valence-corrected chi connectivity index (χ1v) is 13.6. The highest BCUT2D eigenvalue weighted by Crippen LogP contribution is 2.30. The number of sulfonamides is 1. The summed E-state index contributed by atoms with van der Waals surface area (Å²) < 4.78 is 27.4. The molecule has 0 spiro atoms. The van der Waals surface area contributed by atoms with Gasteiger partial charge in [-0.25, -0.2) is 8.42 Å². The minimum atomic E-state index is -3.57. The van der Waals surface area contributed by atoms with Gasteiger partial charge >= 0.3 is 0 Å². The van der Waals surface area contributed by atoms with Gasteiger partial charge < -0.3 is 0 Å². The van der Waals surface area contributed by atoms with Crippen LogP contribution in [0.1, 0.15) is 29.2 Å². The molecule has 0 fully saturated rings. The summed E-state index contributed by atoms with van der Waals surface area (Å²) in [6.45, 7) is 1.75. The lowest BCUT2D eigenvalue weighted by molar-refractivity contribution is -0.120. The second kappa shape index (κ2) is 10.0. The number of fused-ring (bicyclic) bond motifs is 1. The Hall–Kier alpha value is -2.78. The van der Waals surface area contributed by atoms with Crippen molar-refractivity contribution in [3.05, 3.63) is 70.8 Å². The van der Waals surface area contributed by atoms with Crippen molar-refractivity contribution >= 4 is 44.2 Å². The van der Waals surface area contributed by atoms with E-state index in [0.717, 1.165) is 16.7 Å². The summed E-state index contributed by atoms with van der Waals surface area (Å²) in [7, 11) is -3.57. The highest BCUT2D eigenvalue weighted by molar-refractivity contribution is 8.00. The van der Waals surface area contributed by atoms with Gasteiger partial charge in [-0.1, -0.05) is 59.5 Å². The molecule has 8 nitrogen and oxygen atoms in total. The summed E-state index contributed by atoms with van der Waals surface area (Å²) in [4.78, 5) is 13.1. The molecule has 2 heterocycles. The van der Waals surface area contributed by atoms with Crippen molar-refractivity contribution in [2.24, 2.45) is 0 Å². The van der Waals surface area contributed by atoms with Gasteiger partial charge in [-0.3, -0.25) is 10.1 Å². The lowest BCUT2D eigenvalue weighted by atomic mass is 9.95. The molecule has 0 radical (unpaired) electrons. The number of carbonyl (C=O) groups excluding carboxylic acids is 1. The third-order valence-electron chi connectivity index (χ3n) is 5.31. The zero-order valence-corrected chi connectivity index (χ0v) is 20.2. The first kappa shape index (κ1) is 23.4. The maximum absolute atomic E-state index is 13.1. The second-order valence-electron chi connectivity index (χ2n) is 7.39. The minimum Gasteiger partial charge on any atom is -0.299 e. The fourth-order valence-corrected chi connectivity index (χ4v) is 6.44. The zero-order valence-electron chi connectivity index (χ0n) is 17.8. The molecule has 0 saturated carbocycles. The van der Waals surface area contributed by atoms with Crippen LogP contribution in [0, 0.1) is 11.3 Å². The largest absolute Gasteiger partial charge is 0.299 e. The smallest absolute Gasteiger partial charge is 0.245 e. The molecule has 0 aliphatic carbocycles. The zero-order chi connectivity index (χ0) is 23.4. The monoisotopic (exact) mass is 499 g/mol. The van der Waals surface area contributed by atoms with E-state index in [2.05, 4.69) is 21.6 Å². The number of anilines is 1. The molecule has 170 valence electrons. The van der Waals surface area contributed by atoms with E-state index in [4.69, 9.17) is 5.26 Å². The molecule has 11 heteroatoms. The Balaban J connectivity index is 1.44. The number of rotatable bonds is 7. The van der Waals surface area contributed by atoms with Crippen molar-refractivity contribution in [2.45, 2.75) is 36.0 Å². The fourth-order valence-electron chi connectivity index (χ4n) is 3.51. The lowest BCUT2D eigenvalue weighted by Gasteiger charge is -2.34. The molecule has 1 aliphatic heterocycles. The minimum absolute atomic E-state index is 0.0755. The summed E-state index contributed by atoms with van der Waals surface area (Å²) in [6, 6.07) is 16.1. The second-order valence-corrected chi connectivity index (χ2v) is 11.8. The van der Waals surface area contributed by atoms with Crippen molar-refractivity contribution in [1.29, 1.82) is 5.26 Å². The van der Waals surface area contributed by atoms with E-state index < -0.39 is 22.0 Å². The van der Waals surface area contributed by atoms with Crippen molar-refractivity contribution in [1.82, 2.24) is 14.5 Å². The molecular formula is C22H21N5O3S3. The summed E-state index contributed by atoms with van der Waals surface area (Å²) in [5, 5.41) is 20.1. The Morgan fingerprint density at radius 1 is 1.21 bits per heavy atom. The number of amides is 1. The molecular weight excluding hydrogens is 478 g/mol. The van der Waals surface area contributed by atoms with Crippen molar-refractivity contribution in [3.63, 3.8) is 0 Å². The molecule has 0 unspecified atom stereocenters. The van der Waals surface area contributed by atoms with Crippen LogP contribution in [0.25, 0.3) is 0 Å². The predicted molar refractivity (Wildman–Crippen MR) is 128 cm³/mol. The maximum Gasteiger partial charge on any atom is 0.245 e. The average molecular weight is 500 g/mol. The van der Waals surface area contributed by atoms with Crippen LogP contribution in [0.3, 0.4) is 0 Å². The molecule has 4 rings (SSSR count). The molecule has 1 atom stereocenters. The quantitative estimate of drug-likeness (QED) is 0.391. The molecule has 1 aromatic heterocycles. The topological polar surface area (TPSA) is 116 Å². The van der Waals surface area contributed by atoms with Gasteiger partial charge in [0.05, 0.1) is 17.4 Å². The molecule has 1 N–H and O–H groups in total. The summed E-state index contributed by atoms with van der Waals surface area (Å²) in [6.07, 6.45) is 0.306. The molecule has 3 aromatic rings. The molecule has 2 aromatic carbocycles. The number of nitrogens with one attached hydrogen (secondary N) is 1. The summed E-state index contributed by atoms with van der Waals surface area (Å²) >= 11 is 2.71. The van der Waals surface area contributed by atoms with Gasteiger partial charge in [-0.2, -0.15) is 9.57 Å². The van der Waals surface area contributed by atoms with Crippen molar-refractivity contribution < 1.29 is 13.2 Å². The van der Waals surface area contributed by atoms with E-state index in [9.17, 15) is 13.2 Å². The van der Waals surface area contributed by atoms with Crippen LogP contribution < -0.4 is 5.32 Å². The maximum atomic E-state index is 13.1. The Bertz CT molecular complexity index is 1300. The van der Waals surface area contributed by atoms with Gasteiger partial charge in [-0.05, 0) is 42.2 Å². The van der Waals surface area contributed by atoms with E-state index in [1.165, 1.54) is 27.4 Å². The first-order valence-electron chi connectivity index (χ1n) is 10.2. The van der Waals surface area contributed by atoms with Crippen molar-refractivity contribution in [2.75, 3.05) is 11.1 Å². The van der Waals surface area contributed by atoms with Crippen LogP contribution in [-0.2, 0) is 33.5 Å². The van der Waals surface area contributed by atoms with Gasteiger partial charge in [0, 0.05) is 12.3 Å². The standard InChI is InChI=1S/C22H21N5O3S3/c1-2-33(29,30)27-13-18-6-4-3-5-17(18)11-19(27)20(28)24-21-25-26-22(32-21)31-14-16-9-7-15(12-23)8-10-16/h3-10,19H,2,11,13-14H2,1H3,(H,24,25,28)/t19-/m0/s1. The fraction of sp³-hybridized carbons (Fsp3) is 0.273. The molecule has 1 amide bonds. The highest BCUT2D eigenvalue weighted by atomic mass is 32.2. The number of nitriles is 1. The molecule has 1 aliphatic rings. The predicted octanol–water partition coefficient (Wildman–Crippen LogP) is 3.42. The van der Waals surface area contributed by atoms with Gasteiger partial charge in [-0.15, -0.1) is 10.2 Å². The first-order chi connectivity index (χ1) is 15.9. The number of hydrogen-bond acceptors (Lipinski definition) is 8. The lowest BCUT2D eigenvalue weighted by Crippen LogP contribution is -2.51. The van der Waals surface area contributed by atoms with Crippen LogP contribution in [-0.4, -0.2) is 40.6 Å². The number of nitrogens with zero attached hydrogens (tertiary/aromatic N) is 4. The van der Waals surface area contributed by atoms with E-state index in [1.807, 2.05) is 36.4 Å². The summed E-state index contributed by atoms with van der Waals surface area (Å²) in [5.41, 5.74) is 3.53. The number of thioether (sulfide) groups is 1. The average Bonchev–Trinajstić information content (AvgIpc) is 3.29. The highest BCUT2D eigenvalue weighted by Gasteiger charge is 2.38. The van der Waals surface area contributed by atoms with Crippen LogP contribution in [0.15, 0.2) is 52.9 Å². The SMILES string of the molecule is CCS(=O)(=O)N1Cc2ccccc2C[C@H]1C(=O)Nc1nnc(SCc2ccc(C#N)cc2)s1. The number of benzene rings is 2. The number of carbonyl (C=O) groups is 1. The molecule has 0 saturated heterocycles. The van der Waals surface area contributed by atoms with Crippen LogP contribution in [0.5, 0.6) is 0 Å². The van der Waals surface area contributed by atoms with E-state index in [1.54, 1.807) is 19.1 Å². The normalized spacial score (nSPS) is 16.1. The molecule has 33 heavy (non-hydrogen) atoms.